The minimum atomic E-state index is -3.46. The third kappa shape index (κ3) is 4.91. The second kappa shape index (κ2) is 7.18. The topological polar surface area (TPSA) is 128 Å². The first-order chi connectivity index (χ1) is 11.7. The molecule has 0 fully saturated rings. The van der Waals surface area contributed by atoms with Gasteiger partial charge in [0.15, 0.2) is 0 Å². The average Bonchev–Trinajstić information content (AvgIpc) is 2.52. The second-order valence-electron chi connectivity index (χ2n) is 5.05. The van der Waals surface area contributed by atoms with Gasteiger partial charge in [-0.3, -0.25) is 19.6 Å². The molecule has 0 aliphatic heterocycles. The third-order valence-corrected chi connectivity index (χ3v) is 3.67. The molecule has 0 atom stereocenters. The number of nitro groups is 1. The molecular formula is C15H15N3O6S. The number of nitrogens with zero attached hydrogens (tertiary/aromatic N) is 1. The minimum absolute atomic E-state index is 0.0156. The molecule has 0 heterocycles. The van der Waals surface area contributed by atoms with E-state index in [9.17, 15) is 23.3 Å². The van der Waals surface area contributed by atoms with E-state index in [4.69, 9.17) is 4.74 Å². The van der Waals surface area contributed by atoms with Crippen molar-refractivity contribution in [1.82, 2.24) is 0 Å². The summed E-state index contributed by atoms with van der Waals surface area (Å²) < 4.78 is 29.9. The van der Waals surface area contributed by atoms with Gasteiger partial charge in [0.2, 0.25) is 10.0 Å². The first-order valence-corrected chi connectivity index (χ1v) is 8.80. The van der Waals surface area contributed by atoms with Crippen LogP contribution in [-0.4, -0.2) is 32.6 Å². The number of nitrogens with one attached hydrogen (secondary N) is 2. The number of benzene rings is 2. The van der Waals surface area contributed by atoms with Gasteiger partial charge in [0.25, 0.3) is 11.6 Å². The highest BCUT2D eigenvalue weighted by molar-refractivity contribution is 7.92. The molecule has 2 rings (SSSR count). The Morgan fingerprint density at radius 2 is 1.84 bits per heavy atom. The number of hydrogen-bond donors (Lipinski definition) is 2. The maximum Gasteiger partial charge on any atom is 0.270 e. The highest BCUT2D eigenvalue weighted by Gasteiger charge is 2.18. The maximum absolute atomic E-state index is 12.4. The number of nitro benzene ring substituents is 1. The lowest BCUT2D eigenvalue weighted by Crippen LogP contribution is -2.14. The van der Waals surface area contributed by atoms with Gasteiger partial charge in [-0.1, -0.05) is 6.07 Å². The molecule has 0 saturated carbocycles. The molecule has 0 aliphatic rings. The molecule has 10 heteroatoms. The summed E-state index contributed by atoms with van der Waals surface area (Å²) >= 11 is 0. The molecule has 0 aromatic heterocycles. The van der Waals surface area contributed by atoms with Crippen LogP contribution in [0.3, 0.4) is 0 Å². The number of carbonyl (C=O) groups excluding carboxylic acids is 1. The van der Waals surface area contributed by atoms with E-state index in [0.29, 0.717) is 5.69 Å². The Morgan fingerprint density at radius 3 is 2.44 bits per heavy atom. The molecule has 0 unspecified atom stereocenters. The van der Waals surface area contributed by atoms with Crippen LogP contribution in [0.4, 0.5) is 17.1 Å². The lowest BCUT2D eigenvalue weighted by Gasteiger charge is -2.10. The van der Waals surface area contributed by atoms with Crippen LogP contribution in [0, 0.1) is 10.1 Å². The summed E-state index contributed by atoms with van der Waals surface area (Å²) in [7, 11) is -2.12. The molecule has 0 bridgehead atoms. The van der Waals surface area contributed by atoms with Gasteiger partial charge < -0.3 is 10.1 Å². The molecule has 0 saturated heterocycles. The van der Waals surface area contributed by atoms with E-state index < -0.39 is 20.9 Å². The summed E-state index contributed by atoms with van der Waals surface area (Å²) in [6.45, 7) is 0. The summed E-state index contributed by atoms with van der Waals surface area (Å²) in [4.78, 5) is 22.7. The Morgan fingerprint density at radius 1 is 1.16 bits per heavy atom. The number of rotatable bonds is 6. The molecule has 132 valence electrons. The fourth-order valence-corrected chi connectivity index (χ4v) is 2.62. The molecule has 2 N–H and O–H groups in total. The van der Waals surface area contributed by atoms with Crippen LogP contribution < -0.4 is 14.8 Å². The van der Waals surface area contributed by atoms with Gasteiger partial charge in [0, 0.05) is 17.8 Å². The van der Waals surface area contributed by atoms with Crippen molar-refractivity contribution in [3.8, 4) is 5.75 Å². The van der Waals surface area contributed by atoms with Crippen LogP contribution in [0.2, 0.25) is 0 Å². The quantitative estimate of drug-likeness (QED) is 0.597. The van der Waals surface area contributed by atoms with Gasteiger partial charge in [-0.25, -0.2) is 8.42 Å². The zero-order valence-corrected chi connectivity index (χ0v) is 14.2. The van der Waals surface area contributed by atoms with Gasteiger partial charge in [0.05, 0.1) is 29.5 Å². The number of methoxy groups -OCH3 is 1. The van der Waals surface area contributed by atoms with Gasteiger partial charge in [0.1, 0.15) is 5.75 Å². The van der Waals surface area contributed by atoms with Crippen molar-refractivity contribution < 1.29 is 22.9 Å². The number of carbonyl (C=O) groups is 1. The molecule has 2 aromatic carbocycles. The zero-order valence-electron chi connectivity index (χ0n) is 13.3. The number of anilines is 2. The fraction of sp³-hybridized carbons (Fsp3) is 0.133. The third-order valence-electron chi connectivity index (χ3n) is 3.06. The van der Waals surface area contributed by atoms with Crippen LogP contribution >= 0.6 is 0 Å². The maximum atomic E-state index is 12.4. The normalized spacial score (nSPS) is 10.8. The summed E-state index contributed by atoms with van der Waals surface area (Å²) in [6, 6.07) is 9.70. The van der Waals surface area contributed by atoms with Crippen molar-refractivity contribution in [3.05, 3.63) is 58.1 Å². The summed E-state index contributed by atoms with van der Waals surface area (Å²) in [6.07, 6.45) is 1.01. The number of hydrogen-bond acceptors (Lipinski definition) is 6. The van der Waals surface area contributed by atoms with Crippen molar-refractivity contribution in [1.29, 1.82) is 0 Å². The Labute approximate surface area is 143 Å². The van der Waals surface area contributed by atoms with Gasteiger partial charge >= 0.3 is 0 Å². The van der Waals surface area contributed by atoms with Crippen molar-refractivity contribution in [2.24, 2.45) is 0 Å². The Bertz CT molecular complexity index is 927. The Balaban J connectivity index is 2.29. The van der Waals surface area contributed by atoms with Crippen molar-refractivity contribution >= 4 is 33.0 Å². The fourth-order valence-electron chi connectivity index (χ4n) is 2.06. The summed E-state index contributed by atoms with van der Waals surface area (Å²) in [5.41, 5.74) is 0.315. The molecule has 0 radical (unpaired) electrons. The lowest BCUT2D eigenvalue weighted by atomic mass is 10.1. The van der Waals surface area contributed by atoms with Crippen LogP contribution in [0.15, 0.2) is 42.5 Å². The van der Waals surface area contributed by atoms with E-state index in [0.717, 1.165) is 12.3 Å². The smallest absolute Gasteiger partial charge is 0.270 e. The minimum Gasteiger partial charge on any atom is -0.496 e. The number of sulfonamides is 1. The summed E-state index contributed by atoms with van der Waals surface area (Å²) in [5.74, 6) is -0.453. The van der Waals surface area contributed by atoms with Crippen molar-refractivity contribution in [3.63, 3.8) is 0 Å². The van der Waals surface area contributed by atoms with E-state index in [-0.39, 0.29) is 22.7 Å². The summed E-state index contributed by atoms with van der Waals surface area (Å²) in [5, 5.41) is 13.4. The van der Waals surface area contributed by atoms with Gasteiger partial charge in [-0.2, -0.15) is 0 Å². The van der Waals surface area contributed by atoms with Crippen molar-refractivity contribution in [2.45, 2.75) is 0 Å². The standard InChI is InChI=1S/C15H15N3O6S/c1-24-14-7-6-12(18(20)21)9-13(14)15(19)16-10-4-3-5-11(8-10)17-25(2,22)23/h3-9,17H,1-2H3,(H,16,19). The highest BCUT2D eigenvalue weighted by atomic mass is 32.2. The number of amides is 1. The molecule has 1 amide bonds. The van der Waals surface area contributed by atoms with E-state index in [2.05, 4.69) is 10.0 Å². The first kappa shape index (κ1) is 18.2. The van der Waals surface area contributed by atoms with Crippen molar-refractivity contribution in [2.75, 3.05) is 23.4 Å². The molecular weight excluding hydrogens is 350 g/mol. The lowest BCUT2D eigenvalue weighted by molar-refractivity contribution is -0.384. The van der Waals surface area contributed by atoms with E-state index in [1.165, 1.54) is 31.4 Å². The van der Waals surface area contributed by atoms with Crippen LogP contribution in [0.25, 0.3) is 0 Å². The monoisotopic (exact) mass is 365 g/mol. The first-order valence-electron chi connectivity index (χ1n) is 6.91. The van der Waals surface area contributed by atoms with Gasteiger partial charge in [-0.05, 0) is 24.3 Å². The Kier molecular flexibility index (Phi) is 5.22. The van der Waals surface area contributed by atoms with Crippen LogP contribution in [-0.2, 0) is 10.0 Å². The number of non-ortho nitro benzene ring substituents is 1. The number of ether oxygens (including phenoxy) is 1. The van der Waals surface area contributed by atoms with Gasteiger partial charge in [-0.15, -0.1) is 0 Å². The molecule has 9 nitrogen and oxygen atoms in total. The van der Waals surface area contributed by atoms with Crippen LogP contribution in [0.5, 0.6) is 5.75 Å². The highest BCUT2D eigenvalue weighted by Crippen LogP contribution is 2.25. The van der Waals surface area contributed by atoms with E-state index in [1.54, 1.807) is 12.1 Å². The Hall–Kier alpha value is -3.14. The molecule has 2 aromatic rings. The molecule has 0 aliphatic carbocycles. The predicted octanol–water partition coefficient (Wildman–Crippen LogP) is 2.23. The zero-order chi connectivity index (χ0) is 18.6. The SMILES string of the molecule is COc1ccc([N+](=O)[O-])cc1C(=O)Nc1cccc(NS(C)(=O)=O)c1. The largest absolute Gasteiger partial charge is 0.496 e. The van der Waals surface area contributed by atoms with Crippen LogP contribution in [0.1, 0.15) is 10.4 Å². The van der Waals surface area contributed by atoms with E-state index >= 15 is 0 Å². The average molecular weight is 365 g/mol. The predicted molar refractivity (Wildman–Crippen MR) is 92.5 cm³/mol. The van der Waals surface area contributed by atoms with E-state index in [1.807, 2.05) is 0 Å². The second-order valence-corrected chi connectivity index (χ2v) is 6.80. The molecule has 25 heavy (non-hydrogen) atoms. The molecule has 0 spiro atoms.